The second-order valence-electron chi connectivity index (χ2n) is 5.95. The molecule has 0 aromatic heterocycles. The topological polar surface area (TPSA) is 20.2 Å². The SMILES string of the molecule is CCC(C)C1CCC2CC(O)CCC2C1. The van der Waals surface area contributed by atoms with Crippen LogP contribution in [0.4, 0.5) is 0 Å². The van der Waals surface area contributed by atoms with Crippen LogP contribution in [0.2, 0.25) is 0 Å². The molecule has 0 heterocycles. The van der Waals surface area contributed by atoms with Gasteiger partial charge in [-0.05, 0) is 62.2 Å². The fourth-order valence-electron chi connectivity index (χ4n) is 3.75. The Morgan fingerprint density at radius 2 is 1.73 bits per heavy atom. The summed E-state index contributed by atoms with van der Waals surface area (Å²) in [4.78, 5) is 0. The summed E-state index contributed by atoms with van der Waals surface area (Å²) in [6.07, 6.45) is 9.06. The number of rotatable bonds is 2. The van der Waals surface area contributed by atoms with Gasteiger partial charge in [0.2, 0.25) is 0 Å². The van der Waals surface area contributed by atoms with Gasteiger partial charge in [0.05, 0.1) is 6.10 Å². The fraction of sp³-hybridized carbons (Fsp3) is 1.00. The average Bonchev–Trinajstić information content (AvgIpc) is 2.27. The Morgan fingerprint density at radius 1 is 1.07 bits per heavy atom. The zero-order valence-corrected chi connectivity index (χ0v) is 10.3. The van der Waals surface area contributed by atoms with Crippen LogP contribution in [-0.2, 0) is 0 Å². The number of fused-ring (bicyclic) bond motifs is 1. The molecule has 2 saturated carbocycles. The summed E-state index contributed by atoms with van der Waals surface area (Å²) < 4.78 is 0. The van der Waals surface area contributed by atoms with Crippen molar-refractivity contribution in [3.05, 3.63) is 0 Å². The van der Waals surface area contributed by atoms with Crippen molar-refractivity contribution in [2.45, 2.75) is 64.9 Å². The Hall–Kier alpha value is -0.0400. The lowest BCUT2D eigenvalue weighted by atomic mass is 9.64. The molecule has 1 nitrogen and oxygen atoms in total. The van der Waals surface area contributed by atoms with E-state index in [-0.39, 0.29) is 6.10 Å². The molecule has 0 bridgehead atoms. The first-order valence-electron chi connectivity index (χ1n) is 6.88. The molecule has 0 spiro atoms. The molecule has 2 fully saturated rings. The molecule has 2 aliphatic rings. The molecule has 15 heavy (non-hydrogen) atoms. The first kappa shape index (κ1) is 11.4. The smallest absolute Gasteiger partial charge is 0.0543 e. The van der Waals surface area contributed by atoms with Gasteiger partial charge in [-0.15, -0.1) is 0 Å². The third kappa shape index (κ3) is 2.55. The van der Waals surface area contributed by atoms with E-state index in [1.165, 1.54) is 32.1 Å². The van der Waals surface area contributed by atoms with Crippen molar-refractivity contribution in [2.75, 3.05) is 0 Å². The summed E-state index contributed by atoms with van der Waals surface area (Å²) in [5.74, 6) is 3.69. The van der Waals surface area contributed by atoms with Crippen molar-refractivity contribution in [1.82, 2.24) is 0 Å². The third-order valence-corrected chi connectivity index (χ3v) is 5.07. The molecule has 1 heteroatoms. The molecule has 5 unspecified atom stereocenters. The van der Waals surface area contributed by atoms with Crippen LogP contribution in [0.15, 0.2) is 0 Å². The molecular weight excluding hydrogens is 184 g/mol. The highest BCUT2D eigenvalue weighted by Crippen LogP contribution is 2.45. The van der Waals surface area contributed by atoms with Gasteiger partial charge in [-0.3, -0.25) is 0 Å². The quantitative estimate of drug-likeness (QED) is 0.738. The lowest BCUT2D eigenvalue weighted by Crippen LogP contribution is -2.34. The molecule has 5 atom stereocenters. The number of aliphatic hydroxyl groups excluding tert-OH is 1. The van der Waals surface area contributed by atoms with E-state index in [2.05, 4.69) is 13.8 Å². The molecule has 2 aliphatic carbocycles. The Morgan fingerprint density at radius 3 is 2.47 bits per heavy atom. The average molecular weight is 210 g/mol. The Balaban J connectivity index is 1.89. The number of hydrogen-bond donors (Lipinski definition) is 1. The Labute approximate surface area is 94.3 Å². The van der Waals surface area contributed by atoms with Crippen LogP contribution in [0.25, 0.3) is 0 Å². The van der Waals surface area contributed by atoms with Gasteiger partial charge in [0, 0.05) is 0 Å². The largest absolute Gasteiger partial charge is 0.393 e. The lowest BCUT2D eigenvalue weighted by molar-refractivity contribution is 0.0264. The fourth-order valence-corrected chi connectivity index (χ4v) is 3.75. The Kier molecular flexibility index (Phi) is 3.71. The van der Waals surface area contributed by atoms with Gasteiger partial charge >= 0.3 is 0 Å². The second-order valence-corrected chi connectivity index (χ2v) is 5.95. The molecule has 0 amide bonds. The van der Waals surface area contributed by atoms with E-state index >= 15 is 0 Å². The molecule has 0 aliphatic heterocycles. The molecule has 2 rings (SSSR count). The lowest BCUT2D eigenvalue weighted by Gasteiger charge is -2.42. The second kappa shape index (κ2) is 4.86. The molecule has 0 aromatic rings. The number of aliphatic hydroxyl groups is 1. The maximum absolute atomic E-state index is 9.67. The minimum Gasteiger partial charge on any atom is -0.393 e. The standard InChI is InChI=1S/C14H26O/c1-3-10(2)11-4-5-13-9-14(15)7-6-12(13)8-11/h10-15H,3-9H2,1-2H3. The van der Waals surface area contributed by atoms with Crippen LogP contribution in [-0.4, -0.2) is 11.2 Å². The van der Waals surface area contributed by atoms with Crippen LogP contribution in [0.5, 0.6) is 0 Å². The van der Waals surface area contributed by atoms with E-state index in [1.807, 2.05) is 0 Å². The summed E-state index contributed by atoms with van der Waals surface area (Å²) in [6.45, 7) is 4.74. The molecular formula is C14H26O. The zero-order valence-electron chi connectivity index (χ0n) is 10.3. The predicted molar refractivity (Wildman–Crippen MR) is 63.6 cm³/mol. The van der Waals surface area contributed by atoms with Crippen molar-refractivity contribution in [3.63, 3.8) is 0 Å². The Bertz CT molecular complexity index is 202. The van der Waals surface area contributed by atoms with E-state index < -0.39 is 0 Å². The highest BCUT2D eigenvalue weighted by molar-refractivity contribution is 4.87. The summed E-state index contributed by atoms with van der Waals surface area (Å²) >= 11 is 0. The van der Waals surface area contributed by atoms with Gasteiger partial charge in [0.15, 0.2) is 0 Å². The van der Waals surface area contributed by atoms with Crippen LogP contribution in [0.1, 0.15) is 58.8 Å². The minimum atomic E-state index is 0.0198. The first-order valence-corrected chi connectivity index (χ1v) is 6.88. The van der Waals surface area contributed by atoms with Crippen LogP contribution < -0.4 is 0 Å². The monoisotopic (exact) mass is 210 g/mol. The van der Waals surface area contributed by atoms with E-state index in [0.717, 1.165) is 36.5 Å². The molecule has 0 aromatic carbocycles. The van der Waals surface area contributed by atoms with Gasteiger partial charge in [-0.25, -0.2) is 0 Å². The van der Waals surface area contributed by atoms with Gasteiger partial charge < -0.3 is 5.11 Å². The van der Waals surface area contributed by atoms with Crippen molar-refractivity contribution in [1.29, 1.82) is 0 Å². The van der Waals surface area contributed by atoms with Crippen molar-refractivity contribution < 1.29 is 5.11 Å². The molecule has 88 valence electrons. The van der Waals surface area contributed by atoms with E-state index in [1.54, 1.807) is 0 Å². The van der Waals surface area contributed by atoms with Gasteiger partial charge in [0.1, 0.15) is 0 Å². The molecule has 0 saturated heterocycles. The summed E-state index contributed by atoms with van der Waals surface area (Å²) in [7, 11) is 0. The maximum atomic E-state index is 9.67. The van der Waals surface area contributed by atoms with Crippen LogP contribution in [0.3, 0.4) is 0 Å². The minimum absolute atomic E-state index is 0.0198. The summed E-state index contributed by atoms with van der Waals surface area (Å²) in [5.41, 5.74) is 0. The normalized spacial score (nSPS) is 43.4. The van der Waals surface area contributed by atoms with Gasteiger partial charge in [-0.1, -0.05) is 20.3 Å². The highest BCUT2D eigenvalue weighted by Gasteiger charge is 2.36. The van der Waals surface area contributed by atoms with E-state index in [9.17, 15) is 5.11 Å². The summed E-state index contributed by atoms with van der Waals surface area (Å²) in [6, 6.07) is 0. The van der Waals surface area contributed by atoms with Crippen molar-refractivity contribution >= 4 is 0 Å². The highest BCUT2D eigenvalue weighted by atomic mass is 16.3. The van der Waals surface area contributed by atoms with Gasteiger partial charge in [-0.2, -0.15) is 0 Å². The number of hydrogen-bond acceptors (Lipinski definition) is 1. The molecule has 0 radical (unpaired) electrons. The van der Waals surface area contributed by atoms with E-state index in [0.29, 0.717) is 0 Å². The molecule has 1 N–H and O–H groups in total. The third-order valence-electron chi connectivity index (χ3n) is 5.07. The van der Waals surface area contributed by atoms with E-state index in [4.69, 9.17) is 0 Å². The zero-order chi connectivity index (χ0) is 10.8. The van der Waals surface area contributed by atoms with Crippen molar-refractivity contribution in [2.24, 2.45) is 23.7 Å². The van der Waals surface area contributed by atoms with Gasteiger partial charge in [0.25, 0.3) is 0 Å². The maximum Gasteiger partial charge on any atom is 0.0543 e. The van der Waals surface area contributed by atoms with Crippen LogP contribution >= 0.6 is 0 Å². The predicted octanol–water partition coefficient (Wildman–Crippen LogP) is 3.61. The summed E-state index contributed by atoms with van der Waals surface area (Å²) in [5, 5.41) is 9.67. The van der Waals surface area contributed by atoms with Crippen LogP contribution in [0, 0.1) is 23.7 Å². The first-order chi connectivity index (χ1) is 7.20. The van der Waals surface area contributed by atoms with Crippen molar-refractivity contribution in [3.8, 4) is 0 Å².